The van der Waals surface area contributed by atoms with Crippen LogP contribution in [0.1, 0.15) is 21.7 Å². The van der Waals surface area contributed by atoms with Gasteiger partial charge in [-0.15, -0.1) is 5.10 Å². The van der Waals surface area contributed by atoms with E-state index in [-0.39, 0.29) is 6.54 Å². The number of nitrogens with zero attached hydrogens (tertiary/aromatic N) is 4. The van der Waals surface area contributed by atoms with Crippen molar-refractivity contribution in [1.29, 1.82) is 5.26 Å². The first-order valence-corrected chi connectivity index (χ1v) is 5.13. The molecule has 5 heteroatoms. The van der Waals surface area contributed by atoms with Crippen LogP contribution in [-0.2, 0) is 13.0 Å². The van der Waals surface area contributed by atoms with Gasteiger partial charge in [-0.2, -0.15) is 5.26 Å². The summed E-state index contributed by atoms with van der Waals surface area (Å²) in [5.41, 5.74) is 2.02. The van der Waals surface area contributed by atoms with Crippen molar-refractivity contribution in [2.45, 2.75) is 13.0 Å². The van der Waals surface area contributed by atoms with Crippen molar-refractivity contribution in [2.75, 3.05) is 0 Å². The molecule has 2 aromatic rings. The van der Waals surface area contributed by atoms with E-state index in [0.717, 1.165) is 5.56 Å². The summed E-state index contributed by atoms with van der Waals surface area (Å²) >= 11 is 0. The second-order valence-electron chi connectivity index (χ2n) is 3.52. The fourth-order valence-corrected chi connectivity index (χ4v) is 1.60. The van der Waals surface area contributed by atoms with Crippen LogP contribution in [0.25, 0.3) is 0 Å². The Hall–Kier alpha value is -2.48. The molecule has 17 heavy (non-hydrogen) atoms. The van der Waals surface area contributed by atoms with E-state index in [2.05, 4.69) is 10.3 Å². The van der Waals surface area contributed by atoms with Crippen molar-refractivity contribution in [3.8, 4) is 6.07 Å². The molecule has 2 rings (SSSR count). The Morgan fingerprint density at radius 1 is 1.35 bits per heavy atom. The monoisotopic (exact) mass is 226 g/mol. The number of aldehydes is 1. The maximum Gasteiger partial charge on any atom is 0.172 e. The highest BCUT2D eigenvalue weighted by Crippen LogP contribution is 2.11. The Kier molecular flexibility index (Phi) is 3.26. The van der Waals surface area contributed by atoms with E-state index in [4.69, 9.17) is 5.26 Å². The quantitative estimate of drug-likeness (QED) is 0.734. The van der Waals surface area contributed by atoms with E-state index in [1.807, 2.05) is 36.4 Å². The molecule has 0 fully saturated rings. The molecule has 0 atom stereocenters. The lowest BCUT2D eigenvalue weighted by Crippen LogP contribution is -2.05. The van der Waals surface area contributed by atoms with Gasteiger partial charge in [-0.1, -0.05) is 35.5 Å². The number of hydrogen-bond acceptors (Lipinski definition) is 4. The average molecular weight is 226 g/mol. The second kappa shape index (κ2) is 5.03. The Balaban J connectivity index is 2.33. The molecule has 0 amide bonds. The number of rotatable bonds is 4. The standard InChI is InChI=1S/C12H10N4O/c13-6-7-16-12(11(9-17)14-15-16)8-10-4-2-1-3-5-10/h1-5,9H,7-8H2. The van der Waals surface area contributed by atoms with Crippen molar-refractivity contribution in [1.82, 2.24) is 15.0 Å². The van der Waals surface area contributed by atoms with Crippen molar-refractivity contribution in [2.24, 2.45) is 0 Å². The molecule has 5 nitrogen and oxygen atoms in total. The molecule has 1 aromatic heterocycles. The maximum absolute atomic E-state index is 10.8. The van der Waals surface area contributed by atoms with E-state index in [0.29, 0.717) is 24.1 Å². The van der Waals surface area contributed by atoms with Crippen molar-refractivity contribution in [3.63, 3.8) is 0 Å². The summed E-state index contributed by atoms with van der Waals surface area (Å²) in [6, 6.07) is 11.7. The number of aromatic nitrogens is 3. The molecule has 0 saturated carbocycles. The minimum Gasteiger partial charge on any atom is -0.296 e. The van der Waals surface area contributed by atoms with Crippen LogP contribution in [-0.4, -0.2) is 21.3 Å². The van der Waals surface area contributed by atoms with Crippen LogP contribution in [0.4, 0.5) is 0 Å². The lowest BCUT2D eigenvalue weighted by Gasteiger charge is -2.03. The van der Waals surface area contributed by atoms with Crippen LogP contribution in [0.3, 0.4) is 0 Å². The molecule has 0 spiro atoms. The highest BCUT2D eigenvalue weighted by Gasteiger charge is 2.12. The smallest absolute Gasteiger partial charge is 0.172 e. The Morgan fingerprint density at radius 2 is 2.12 bits per heavy atom. The van der Waals surface area contributed by atoms with Gasteiger partial charge in [0.25, 0.3) is 0 Å². The first kappa shape index (κ1) is 11.0. The highest BCUT2D eigenvalue weighted by molar-refractivity contribution is 5.73. The van der Waals surface area contributed by atoms with E-state index in [1.165, 1.54) is 4.68 Å². The van der Waals surface area contributed by atoms with Gasteiger partial charge in [-0.3, -0.25) is 4.79 Å². The molecule has 0 N–H and O–H groups in total. The van der Waals surface area contributed by atoms with Crippen LogP contribution in [0.5, 0.6) is 0 Å². The maximum atomic E-state index is 10.8. The number of nitriles is 1. The summed E-state index contributed by atoms with van der Waals surface area (Å²) in [6.07, 6.45) is 1.21. The second-order valence-corrected chi connectivity index (χ2v) is 3.52. The molecule has 0 unspecified atom stereocenters. The molecule has 1 heterocycles. The number of benzene rings is 1. The highest BCUT2D eigenvalue weighted by atomic mass is 16.1. The van der Waals surface area contributed by atoms with Crippen LogP contribution in [0, 0.1) is 11.3 Å². The number of hydrogen-bond donors (Lipinski definition) is 0. The minimum atomic E-state index is 0.100. The summed E-state index contributed by atoms with van der Waals surface area (Å²) in [6.45, 7) is 0.100. The minimum absolute atomic E-state index is 0.100. The van der Waals surface area contributed by atoms with Crippen molar-refractivity contribution < 1.29 is 4.79 Å². The topological polar surface area (TPSA) is 71.6 Å². The molecule has 0 radical (unpaired) electrons. The third-order valence-corrected chi connectivity index (χ3v) is 2.41. The van der Waals surface area contributed by atoms with Gasteiger partial charge in [-0.25, -0.2) is 4.68 Å². The van der Waals surface area contributed by atoms with E-state index in [1.54, 1.807) is 0 Å². The summed E-state index contributed by atoms with van der Waals surface area (Å²) in [5, 5.41) is 16.2. The van der Waals surface area contributed by atoms with Gasteiger partial charge in [-0.05, 0) is 5.56 Å². The molecule has 0 bridgehead atoms. The summed E-state index contributed by atoms with van der Waals surface area (Å²) < 4.78 is 1.46. The largest absolute Gasteiger partial charge is 0.296 e. The number of carbonyl (C=O) groups is 1. The zero-order valence-corrected chi connectivity index (χ0v) is 9.08. The van der Waals surface area contributed by atoms with Gasteiger partial charge in [0.05, 0.1) is 11.8 Å². The molecule has 0 saturated heterocycles. The molecule has 0 aliphatic rings. The van der Waals surface area contributed by atoms with Crippen molar-refractivity contribution >= 4 is 6.29 Å². The summed E-state index contributed by atoms with van der Waals surface area (Å²) in [4.78, 5) is 10.8. The third-order valence-electron chi connectivity index (χ3n) is 2.41. The first-order valence-electron chi connectivity index (χ1n) is 5.13. The Labute approximate surface area is 98.3 Å². The van der Waals surface area contributed by atoms with Crippen LogP contribution < -0.4 is 0 Å². The van der Waals surface area contributed by atoms with Gasteiger partial charge in [0.1, 0.15) is 12.2 Å². The lowest BCUT2D eigenvalue weighted by atomic mass is 10.1. The normalized spacial score (nSPS) is 9.82. The Bertz CT molecular complexity index is 554. The fraction of sp³-hybridized carbons (Fsp3) is 0.167. The van der Waals surface area contributed by atoms with Gasteiger partial charge in [0.2, 0.25) is 0 Å². The molecule has 0 aliphatic heterocycles. The molecule has 84 valence electrons. The zero-order chi connectivity index (χ0) is 12.1. The SMILES string of the molecule is N#CCn1nnc(C=O)c1Cc1ccccc1. The molecular weight excluding hydrogens is 216 g/mol. The number of carbonyl (C=O) groups excluding carboxylic acids is 1. The predicted octanol–water partition coefficient (Wildman–Crippen LogP) is 1.20. The first-order chi connectivity index (χ1) is 8.35. The van der Waals surface area contributed by atoms with Crippen molar-refractivity contribution in [3.05, 3.63) is 47.3 Å². The van der Waals surface area contributed by atoms with Gasteiger partial charge < -0.3 is 0 Å². The molecular formula is C12H10N4O. The van der Waals surface area contributed by atoms with Gasteiger partial charge in [0.15, 0.2) is 6.29 Å². The summed E-state index contributed by atoms with van der Waals surface area (Å²) in [7, 11) is 0. The van der Waals surface area contributed by atoms with Gasteiger partial charge in [0, 0.05) is 6.42 Å². The van der Waals surface area contributed by atoms with Crippen LogP contribution in [0.15, 0.2) is 30.3 Å². The predicted molar refractivity (Wildman–Crippen MR) is 60.3 cm³/mol. The molecule has 0 aliphatic carbocycles. The van der Waals surface area contributed by atoms with E-state index < -0.39 is 0 Å². The van der Waals surface area contributed by atoms with Gasteiger partial charge >= 0.3 is 0 Å². The lowest BCUT2D eigenvalue weighted by molar-refractivity contribution is 0.111. The van der Waals surface area contributed by atoms with Crippen LogP contribution >= 0.6 is 0 Å². The van der Waals surface area contributed by atoms with E-state index >= 15 is 0 Å². The summed E-state index contributed by atoms with van der Waals surface area (Å²) in [5.74, 6) is 0. The van der Waals surface area contributed by atoms with E-state index in [9.17, 15) is 4.79 Å². The zero-order valence-electron chi connectivity index (χ0n) is 9.08. The third kappa shape index (κ3) is 2.37. The Morgan fingerprint density at radius 3 is 2.76 bits per heavy atom. The van der Waals surface area contributed by atoms with Crippen LogP contribution in [0.2, 0.25) is 0 Å². The molecule has 1 aromatic carbocycles. The average Bonchev–Trinajstić information content (AvgIpc) is 2.74. The fourth-order valence-electron chi connectivity index (χ4n) is 1.60.